The van der Waals surface area contributed by atoms with Gasteiger partial charge >= 0.3 is 0 Å². The molecule has 0 atom stereocenters. The number of aryl methyl sites for hydroxylation is 4. The molecule has 0 aliphatic heterocycles. The highest BCUT2D eigenvalue weighted by Crippen LogP contribution is 2.35. The van der Waals surface area contributed by atoms with Crippen LogP contribution in [-0.2, 0) is 0 Å². The lowest BCUT2D eigenvalue weighted by Gasteiger charge is -2.13. The van der Waals surface area contributed by atoms with E-state index in [1.807, 2.05) is 0 Å². The van der Waals surface area contributed by atoms with Crippen LogP contribution in [0.4, 0.5) is 0 Å². The van der Waals surface area contributed by atoms with Crippen molar-refractivity contribution in [1.29, 1.82) is 0 Å². The Labute approximate surface area is 206 Å². The van der Waals surface area contributed by atoms with E-state index >= 15 is 0 Å². The van der Waals surface area contributed by atoms with Gasteiger partial charge in [0, 0.05) is 21.9 Å². The zero-order valence-corrected chi connectivity index (χ0v) is 20.6. The highest BCUT2D eigenvalue weighted by molar-refractivity contribution is 6.09. The van der Waals surface area contributed by atoms with Crippen molar-refractivity contribution in [2.24, 2.45) is 0 Å². The monoisotopic (exact) mass is 452 g/mol. The number of nitrogens with zero attached hydrogens (tertiary/aromatic N) is 2. The molecule has 170 valence electrons. The fraction of sp³-hybridized carbons (Fsp3) is 0.121. The largest absolute Gasteiger partial charge is 0.309 e. The van der Waals surface area contributed by atoms with E-state index < -0.39 is 0 Å². The van der Waals surface area contributed by atoms with Crippen LogP contribution in [0.15, 0.2) is 97.1 Å². The molecule has 0 saturated heterocycles. The minimum Gasteiger partial charge on any atom is -0.309 e. The zero-order valence-electron chi connectivity index (χ0n) is 20.6. The molecule has 0 spiro atoms. The van der Waals surface area contributed by atoms with Gasteiger partial charge in [-0.15, -0.1) is 0 Å². The molecule has 0 aliphatic rings. The average Bonchev–Trinajstić information content (AvgIpc) is 3.17. The van der Waals surface area contributed by atoms with E-state index in [1.54, 1.807) is 0 Å². The summed E-state index contributed by atoms with van der Waals surface area (Å²) < 4.78 is 2.39. The Morgan fingerprint density at radius 3 is 1.29 bits per heavy atom. The number of rotatable bonds is 3. The summed E-state index contributed by atoms with van der Waals surface area (Å²) in [6.07, 6.45) is 0. The molecule has 35 heavy (non-hydrogen) atoms. The number of aromatic nitrogens is 2. The van der Waals surface area contributed by atoms with Crippen LogP contribution in [0.3, 0.4) is 0 Å². The smallest absolute Gasteiger partial charge is 0.0730 e. The Hall–Kier alpha value is -4.17. The second kappa shape index (κ2) is 8.25. The molecule has 0 aliphatic carbocycles. The number of hydrogen-bond acceptors (Lipinski definition) is 1. The van der Waals surface area contributed by atoms with Gasteiger partial charge in [0.05, 0.1) is 28.1 Å². The number of pyridine rings is 1. The molecule has 2 heterocycles. The second-order valence-corrected chi connectivity index (χ2v) is 9.70. The van der Waals surface area contributed by atoms with Crippen LogP contribution in [0.25, 0.3) is 50.0 Å². The van der Waals surface area contributed by atoms with E-state index in [9.17, 15) is 0 Å². The van der Waals surface area contributed by atoms with E-state index in [-0.39, 0.29) is 0 Å². The lowest BCUT2D eigenvalue weighted by Crippen LogP contribution is -1.98. The second-order valence-electron chi connectivity index (χ2n) is 9.70. The number of fused-ring (bicyclic) bond motifs is 3. The molecule has 2 nitrogen and oxygen atoms in total. The van der Waals surface area contributed by atoms with Gasteiger partial charge in [0.1, 0.15) is 0 Å². The number of hydrogen-bond donors (Lipinski definition) is 0. The van der Waals surface area contributed by atoms with Crippen LogP contribution in [0.5, 0.6) is 0 Å². The topological polar surface area (TPSA) is 17.8 Å². The van der Waals surface area contributed by atoms with Gasteiger partial charge < -0.3 is 4.57 Å². The lowest BCUT2D eigenvalue weighted by molar-refractivity contribution is 1.16. The minimum atomic E-state index is 0.979. The molecule has 4 aromatic carbocycles. The van der Waals surface area contributed by atoms with Crippen molar-refractivity contribution < 1.29 is 0 Å². The third-order valence-electron chi connectivity index (χ3n) is 6.84. The molecule has 6 rings (SSSR count). The van der Waals surface area contributed by atoms with Gasteiger partial charge in [-0.2, -0.15) is 0 Å². The average molecular weight is 453 g/mol. The molecular weight excluding hydrogens is 424 g/mol. The minimum absolute atomic E-state index is 0.979. The Bertz CT molecular complexity index is 1580. The molecule has 0 radical (unpaired) electrons. The van der Waals surface area contributed by atoms with Crippen molar-refractivity contribution in [3.63, 3.8) is 0 Å². The van der Waals surface area contributed by atoms with Crippen LogP contribution < -0.4 is 0 Å². The third-order valence-corrected chi connectivity index (χ3v) is 6.84. The molecule has 0 saturated carbocycles. The van der Waals surface area contributed by atoms with E-state index in [0.29, 0.717) is 0 Å². The van der Waals surface area contributed by atoms with E-state index in [4.69, 9.17) is 4.98 Å². The molecule has 2 heteroatoms. The van der Waals surface area contributed by atoms with Gasteiger partial charge in [-0.05, 0) is 64.1 Å². The fourth-order valence-corrected chi connectivity index (χ4v) is 4.92. The van der Waals surface area contributed by atoms with Gasteiger partial charge in [-0.1, -0.05) is 82.9 Å². The van der Waals surface area contributed by atoms with Crippen molar-refractivity contribution in [2.45, 2.75) is 27.7 Å². The van der Waals surface area contributed by atoms with Gasteiger partial charge in [-0.3, -0.25) is 0 Å². The van der Waals surface area contributed by atoms with Gasteiger partial charge in [0.2, 0.25) is 0 Å². The highest BCUT2D eigenvalue weighted by atomic mass is 15.0. The first-order valence-electron chi connectivity index (χ1n) is 12.1. The Morgan fingerprint density at radius 1 is 0.457 bits per heavy atom. The first-order chi connectivity index (χ1) is 17.0. The van der Waals surface area contributed by atoms with Gasteiger partial charge in [0.15, 0.2) is 0 Å². The molecule has 0 N–H and O–H groups in total. The molecule has 2 aromatic heterocycles. The summed E-state index contributed by atoms with van der Waals surface area (Å²) in [6.45, 7) is 8.56. The van der Waals surface area contributed by atoms with Crippen LogP contribution in [-0.4, -0.2) is 9.55 Å². The van der Waals surface area contributed by atoms with E-state index in [1.165, 1.54) is 44.1 Å². The van der Waals surface area contributed by atoms with Crippen molar-refractivity contribution >= 4 is 21.8 Å². The van der Waals surface area contributed by atoms with Crippen molar-refractivity contribution in [3.8, 4) is 28.2 Å². The summed E-state index contributed by atoms with van der Waals surface area (Å²) in [7, 11) is 0. The maximum atomic E-state index is 5.12. The summed E-state index contributed by atoms with van der Waals surface area (Å²) in [6, 6.07) is 35.2. The standard InChI is InChI=1S/C33H28N2/c1-21-5-11-25(12-6-21)30-19-27(20-31(34-30)26-13-7-22(2)8-14-26)35-32-15-9-23(3)17-28(32)29-18-24(4)10-16-33(29)35/h5-20H,1-4H3. The number of benzene rings is 4. The van der Waals surface area contributed by atoms with Crippen LogP contribution in [0, 0.1) is 27.7 Å². The molecule has 0 unspecified atom stereocenters. The Kier molecular flexibility index (Phi) is 5.04. The van der Waals surface area contributed by atoms with Crippen LogP contribution in [0.2, 0.25) is 0 Å². The first-order valence-corrected chi connectivity index (χ1v) is 12.1. The fourth-order valence-electron chi connectivity index (χ4n) is 4.92. The molecule has 0 bridgehead atoms. The van der Waals surface area contributed by atoms with Crippen LogP contribution >= 0.6 is 0 Å². The summed E-state index contributed by atoms with van der Waals surface area (Å²) in [4.78, 5) is 5.12. The van der Waals surface area contributed by atoms with Crippen molar-refractivity contribution in [2.75, 3.05) is 0 Å². The summed E-state index contributed by atoms with van der Waals surface area (Å²) in [5.74, 6) is 0. The molecular formula is C33H28N2. The highest BCUT2D eigenvalue weighted by Gasteiger charge is 2.15. The first kappa shape index (κ1) is 21.4. The lowest BCUT2D eigenvalue weighted by atomic mass is 10.0. The van der Waals surface area contributed by atoms with Gasteiger partial charge in [0.25, 0.3) is 0 Å². The molecule has 6 aromatic rings. The summed E-state index contributed by atoms with van der Waals surface area (Å²) in [5, 5.41) is 2.57. The Balaban J connectivity index is 1.68. The van der Waals surface area contributed by atoms with E-state index in [2.05, 4.69) is 129 Å². The van der Waals surface area contributed by atoms with E-state index in [0.717, 1.165) is 28.2 Å². The predicted octanol–water partition coefficient (Wildman–Crippen LogP) is 8.75. The molecule has 0 fully saturated rings. The normalized spacial score (nSPS) is 11.4. The predicted molar refractivity (Wildman–Crippen MR) is 148 cm³/mol. The molecule has 0 amide bonds. The maximum Gasteiger partial charge on any atom is 0.0730 e. The zero-order chi connectivity index (χ0) is 24.1. The summed E-state index contributed by atoms with van der Waals surface area (Å²) in [5.41, 5.74) is 12.8. The third kappa shape index (κ3) is 3.81. The van der Waals surface area contributed by atoms with Crippen molar-refractivity contribution in [3.05, 3.63) is 119 Å². The van der Waals surface area contributed by atoms with Crippen LogP contribution in [0.1, 0.15) is 22.3 Å². The summed E-state index contributed by atoms with van der Waals surface area (Å²) >= 11 is 0. The van der Waals surface area contributed by atoms with Crippen molar-refractivity contribution in [1.82, 2.24) is 9.55 Å². The quantitative estimate of drug-likeness (QED) is 0.262. The Morgan fingerprint density at radius 2 is 0.857 bits per heavy atom. The van der Waals surface area contributed by atoms with Gasteiger partial charge in [-0.25, -0.2) is 4.98 Å². The maximum absolute atomic E-state index is 5.12. The SMILES string of the molecule is Cc1ccc(-c2cc(-n3c4ccc(C)cc4c4cc(C)ccc43)cc(-c3ccc(C)cc3)n2)cc1.